The highest BCUT2D eigenvalue weighted by Crippen LogP contribution is 2.50. The first-order chi connectivity index (χ1) is 14.1. The van der Waals surface area contributed by atoms with Crippen LogP contribution >= 0.6 is 0 Å². The lowest BCUT2D eigenvalue weighted by Gasteiger charge is -2.47. The Hall–Kier alpha value is -1.71. The van der Waals surface area contributed by atoms with Crippen molar-refractivity contribution >= 4 is 5.97 Å². The Bertz CT molecular complexity index is 689. The summed E-state index contributed by atoms with van der Waals surface area (Å²) in [5.74, 6) is 0.282. The SMILES string of the molecule is CC[C@@H](O)[C@](C)(O)[C@]1(C)C(OC)O[C@H](COC(C)=O)[C@@H]1OCc1ccc(OC)cc1. The molecule has 170 valence electrons. The fourth-order valence-electron chi connectivity index (χ4n) is 3.99. The molecule has 30 heavy (non-hydrogen) atoms. The molecule has 0 spiro atoms. The molecule has 0 saturated carbocycles. The quantitative estimate of drug-likeness (QED) is 0.548. The third-order valence-electron chi connectivity index (χ3n) is 6.10. The minimum absolute atomic E-state index is 0.0592. The van der Waals surface area contributed by atoms with Gasteiger partial charge in [0.25, 0.3) is 0 Å². The van der Waals surface area contributed by atoms with Crippen molar-refractivity contribution in [3.05, 3.63) is 29.8 Å². The maximum Gasteiger partial charge on any atom is 0.302 e. The van der Waals surface area contributed by atoms with Crippen LogP contribution in [0.2, 0.25) is 0 Å². The maximum atomic E-state index is 11.4. The molecule has 1 aromatic rings. The lowest BCUT2D eigenvalue weighted by molar-refractivity contribution is -0.242. The monoisotopic (exact) mass is 426 g/mol. The van der Waals surface area contributed by atoms with Gasteiger partial charge in [-0.1, -0.05) is 19.1 Å². The average molecular weight is 427 g/mol. The Morgan fingerprint density at radius 3 is 2.43 bits per heavy atom. The Labute approximate surface area is 178 Å². The van der Waals surface area contributed by atoms with E-state index < -0.39 is 41.6 Å². The topological polar surface area (TPSA) is 104 Å². The summed E-state index contributed by atoms with van der Waals surface area (Å²) < 4.78 is 28.1. The number of benzene rings is 1. The molecule has 0 amide bonds. The van der Waals surface area contributed by atoms with Crippen molar-refractivity contribution in [1.82, 2.24) is 0 Å². The van der Waals surface area contributed by atoms with E-state index >= 15 is 0 Å². The van der Waals surface area contributed by atoms with E-state index in [4.69, 9.17) is 23.7 Å². The van der Waals surface area contributed by atoms with E-state index in [1.807, 2.05) is 24.3 Å². The number of methoxy groups -OCH3 is 2. The summed E-state index contributed by atoms with van der Waals surface area (Å²) >= 11 is 0. The van der Waals surface area contributed by atoms with E-state index in [1.54, 1.807) is 27.9 Å². The van der Waals surface area contributed by atoms with Crippen molar-refractivity contribution in [1.29, 1.82) is 0 Å². The number of aliphatic hydroxyl groups excluding tert-OH is 1. The molecular weight excluding hydrogens is 392 g/mol. The molecule has 6 atom stereocenters. The fourth-order valence-corrected chi connectivity index (χ4v) is 3.99. The summed E-state index contributed by atoms with van der Waals surface area (Å²) in [6.07, 6.45) is -2.99. The van der Waals surface area contributed by atoms with Gasteiger partial charge in [-0.25, -0.2) is 0 Å². The van der Waals surface area contributed by atoms with Crippen LogP contribution in [0.3, 0.4) is 0 Å². The zero-order chi connectivity index (χ0) is 22.5. The molecule has 8 nitrogen and oxygen atoms in total. The van der Waals surface area contributed by atoms with Gasteiger partial charge in [-0.3, -0.25) is 4.79 Å². The van der Waals surface area contributed by atoms with Crippen molar-refractivity contribution < 1.29 is 38.7 Å². The van der Waals surface area contributed by atoms with Crippen LogP contribution in [0.5, 0.6) is 5.75 Å². The van der Waals surface area contributed by atoms with Gasteiger partial charge < -0.3 is 33.9 Å². The summed E-state index contributed by atoms with van der Waals surface area (Å²) in [5, 5.41) is 21.9. The van der Waals surface area contributed by atoms with Crippen LogP contribution < -0.4 is 4.74 Å². The highest BCUT2D eigenvalue weighted by Gasteiger charge is 2.65. The number of aliphatic hydroxyl groups is 2. The molecule has 0 radical (unpaired) electrons. The normalized spacial score (nSPS) is 29.3. The van der Waals surface area contributed by atoms with E-state index in [2.05, 4.69) is 0 Å². The highest BCUT2D eigenvalue weighted by atomic mass is 16.7. The Kier molecular flexibility index (Phi) is 8.24. The lowest BCUT2D eigenvalue weighted by atomic mass is 9.66. The first-order valence-corrected chi connectivity index (χ1v) is 10.1. The Morgan fingerprint density at radius 1 is 1.30 bits per heavy atom. The molecular formula is C22H34O8. The predicted octanol–water partition coefficient (Wildman–Crippen LogP) is 2.04. The van der Waals surface area contributed by atoms with E-state index in [0.717, 1.165) is 11.3 Å². The zero-order valence-electron chi connectivity index (χ0n) is 18.6. The number of esters is 1. The third-order valence-corrected chi connectivity index (χ3v) is 6.10. The fraction of sp³-hybridized carbons (Fsp3) is 0.682. The summed E-state index contributed by atoms with van der Waals surface area (Å²) in [4.78, 5) is 11.4. The van der Waals surface area contributed by atoms with Crippen LogP contribution in [-0.2, 0) is 30.3 Å². The standard InChI is InChI=1S/C22H34O8/c1-7-18(24)22(4,25)21(3)19(17(13-28-14(2)23)30-20(21)27-6)29-12-15-8-10-16(26-5)11-9-15/h8-11,17-20,24-25H,7,12-13H2,1-6H3/t17-,18-,19+,20?,21+,22+/m1/s1. The van der Waals surface area contributed by atoms with Crippen LogP contribution in [0.25, 0.3) is 0 Å². The van der Waals surface area contributed by atoms with Gasteiger partial charge in [-0.05, 0) is 38.0 Å². The molecule has 1 aliphatic rings. The molecule has 1 fully saturated rings. The summed E-state index contributed by atoms with van der Waals surface area (Å²) in [6.45, 7) is 6.56. The minimum Gasteiger partial charge on any atom is -0.497 e. The van der Waals surface area contributed by atoms with Gasteiger partial charge in [0.1, 0.15) is 30.2 Å². The smallest absolute Gasteiger partial charge is 0.302 e. The number of hydrogen-bond donors (Lipinski definition) is 2. The van der Waals surface area contributed by atoms with Gasteiger partial charge in [0.15, 0.2) is 6.29 Å². The summed E-state index contributed by atoms with van der Waals surface area (Å²) in [5.41, 5.74) is -1.85. The molecule has 1 heterocycles. The van der Waals surface area contributed by atoms with Gasteiger partial charge in [-0.2, -0.15) is 0 Å². The Morgan fingerprint density at radius 2 is 1.93 bits per heavy atom. The van der Waals surface area contributed by atoms with E-state index in [9.17, 15) is 15.0 Å². The van der Waals surface area contributed by atoms with E-state index in [1.165, 1.54) is 14.0 Å². The average Bonchev–Trinajstić information content (AvgIpc) is 3.02. The predicted molar refractivity (Wildman–Crippen MR) is 109 cm³/mol. The van der Waals surface area contributed by atoms with Crippen molar-refractivity contribution in [3.63, 3.8) is 0 Å². The van der Waals surface area contributed by atoms with Crippen molar-refractivity contribution in [3.8, 4) is 5.75 Å². The van der Waals surface area contributed by atoms with Gasteiger partial charge in [0.05, 0.1) is 25.2 Å². The van der Waals surface area contributed by atoms with Crippen molar-refractivity contribution in [2.45, 2.75) is 70.9 Å². The molecule has 0 bridgehead atoms. The van der Waals surface area contributed by atoms with Crippen LogP contribution in [0.15, 0.2) is 24.3 Å². The molecule has 1 unspecified atom stereocenters. The van der Waals surface area contributed by atoms with E-state index in [-0.39, 0.29) is 13.2 Å². The number of hydrogen-bond acceptors (Lipinski definition) is 8. The molecule has 1 saturated heterocycles. The van der Waals surface area contributed by atoms with Crippen LogP contribution in [0.1, 0.15) is 39.7 Å². The second kappa shape index (κ2) is 10.1. The second-order valence-corrected chi connectivity index (χ2v) is 7.98. The Balaban J connectivity index is 2.34. The molecule has 1 aromatic carbocycles. The summed E-state index contributed by atoms with van der Waals surface area (Å²) in [6, 6.07) is 7.41. The molecule has 0 aromatic heterocycles. The number of ether oxygens (including phenoxy) is 5. The lowest BCUT2D eigenvalue weighted by Crippen LogP contribution is -2.62. The third kappa shape index (κ3) is 4.78. The zero-order valence-corrected chi connectivity index (χ0v) is 18.6. The minimum atomic E-state index is -1.60. The molecule has 8 heteroatoms. The summed E-state index contributed by atoms with van der Waals surface area (Å²) in [7, 11) is 3.06. The molecule has 0 aliphatic carbocycles. The first-order valence-electron chi connectivity index (χ1n) is 10.1. The second-order valence-electron chi connectivity index (χ2n) is 7.98. The van der Waals surface area contributed by atoms with Gasteiger partial charge >= 0.3 is 5.97 Å². The largest absolute Gasteiger partial charge is 0.497 e. The van der Waals surface area contributed by atoms with Crippen LogP contribution in [-0.4, -0.2) is 67.2 Å². The molecule has 1 aliphatic heterocycles. The highest BCUT2D eigenvalue weighted by molar-refractivity contribution is 5.65. The molecule has 2 rings (SSSR count). The van der Waals surface area contributed by atoms with Gasteiger partial charge in [0.2, 0.25) is 0 Å². The van der Waals surface area contributed by atoms with E-state index in [0.29, 0.717) is 6.42 Å². The van der Waals surface area contributed by atoms with Crippen molar-refractivity contribution in [2.24, 2.45) is 5.41 Å². The van der Waals surface area contributed by atoms with Crippen LogP contribution in [0, 0.1) is 5.41 Å². The first kappa shape index (κ1) is 24.6. The molecule has 2 N–H and O–H groups in total. The number of carbonyl (C=O) groups is 1. The van der Waals surface area contributed by atoms with Crippen LogP contribution in [0.4, 0.5) is 0 Å². The van der Waals surface area contributed by atoms with Gasteiger partial charge in [-0.15, -0.1) is 0 Å². The number of carbonyl (C=O) groups excluding carboxylic acids is 1. The number of rotatable bonds is 10. The van der Waals surface area contributed by atoms with Gasteiger partial charge in [0, 0.05) is 14.0 Å². The maximum absolute atomic E-state index is 11.4. The van der Waals surface area contributed by atoms with Crippen molar-refractivity contribution in [2.75, 3.05) is 20.8 Å².